The van der Waals surface area contributed by atoms with Crippen LogP contribution in [0.3, 0.4) is 0 Å². The second kappa shape index (κ2) is 7.72. The van der Waals surface area contributed by atoms with Gasteiger partial charge in [-0.1, -0.05) is 31.5 Å². The van der Waals surface area contributed by atoms with Crippen LogP contribution in [-0.4, -0.2) is 20.9 Å². The SMILES string of the molecule is CCCCc1ccc(-n2nc3ccc(NC(=O)c4cccs4)cc3n2)cc1. The molecule has 0 aliphatic heterocycles. The number of nitrogens with zero attached hydrogens (tertiary/aromatic N) is 3. The second-order valence-electron chi connectivity index (χ2n) is 6.39. The number of carbonyl (C=O) groups is 1. The summed E-state index contributed by atoms with van der Waals surface area (Å²) in [7, 11) is 0. The van der Waals surface area contributed by atoms with Gasteiger partial charge in [0.1, 0.15) is 11.0 Å². The molecule has 0 bridgehead atoms. The maximum absolute atomic E-state index is 12.2. The van der Waals surface area contributed by atoms with Crippen molar-refractivity contribution < 1.29 is 4.79 Å². The van der Waals surface area contributed by atoms with Crippen LogP contribution in [0.1, 0.15) is 35.0 Å². The van der Waals surface area contributed by atoms with E-state index in [1.165, 1.54) is 29.7 Å². The number of rotatable bonds is 6. The third-order valence-corrected chi connectivity index (χ3v) is 5.24. The van der Waals surface area contributed by atoms with Gasteiger partial charge in [-0.25, -0.2) is 0 Å². The minimum Gasteiger partial charge on any atom is -0.321 e. The van der Waals surface area contributed by atoms with Gasteiger partial charge in [0.25, 0.3) is 5.91 Å². The van der Waals surface area contributed by atoms with Crippen molar-refractivity contribution in [3.05, 3.63) is 70.4 Å². The molecular weight excluding hydrogens is 356 g/mol. The summed E-state index contributed by atoms with van der Waals surface area (Å²) in [5.74, 6) is -0.112. The zero-order valence-electron chi connectivity index (χ0n) is 15.1. The van der Waals surface area contributed by atoms with Crippen molar-refractivity contribution in [3.63, 3.8) is 0 Å². The summed E-state index contributed by atoms with van der Waals surface area (Å²) in [6.07, 6.45) is 3.49. The molecule has 2 heterocycles. The van der Waals surface area contributed by atoms with Crippen LogP contribution in [0.15, 0.2) is 60.0 Å². The molecule has 0 atom stereocenters. The molecule has 0 fully saturated rings. The first kappa shape index (κ1) is 17.4. The average Bonchev–Trinajstić information content (AvgIpc) is 3.36. The Morgan fingerprint density at radius 2 is 1.89 bits per heavy atom. The minimum atomic E-state index is -0.112. The maximum Gasteiger partial charge on any atom is 0.265 e. The lowest BCUT2D eigenvalue weighted by molar-refractivity contribution is 0.103. The van der Waals surface area contributed by atoms with Crippen molar-refractivity contribution >= 4 is 34.0 Å². The Bertz CT molecular complexity index is 1050. The van der Waals surface area contributed by atoms with E-state index in [9.17, 15) is 4.79 Å². The molecule has 0 radical (unpaired) electrons. The molecule has 5 nitrogen and oxygen atoms in total. The monoisotopic (exact) mass is 376 g/mol. The zero-order valence-corrected chi connectivity index (χ0v) is 15.9. The summed E-state index contributed by atoms with van der Waals surface area (Å²) in [4.78, 5) is 14.5. The molecule has 0 saturated heterocycles. The third kappa shape index (κ3) is 3.90. The van der Waals surface area contributed by atoms with Gasteiger partial charge in [-0.2, -0.15) is 4.80 Å². The number of anilines is 1. The van der Waals surface area contributed by atoms with Crippen LogP contribution in [0.5, 0.6) is 0 Å². The molecule has 0 aliphatic carbocycles. The number of amides is 1. The number of aryl methyl sites for hydroxylation is 1. The fourth-order valence-electron chi connectivity index (χ4n) is 2.89. The number of hydrogen-bond donors (Lipinski definition) is 1. The highest BCUT2D eigenvalue weighted by atomic mass is 32.1. The Hall–Kier alpha value is -2.99. The van der Waals surface area contributed by atoms with E-state index < -0.39 is 0 Å². The lowest BCUT2D eigenvalue weighted by Crippen LogP contribution is -2.09. The van der Waals surface area contributed by atoms with Crippen molar-refractivity contribution in [3.8, 4) is 5.69 Å². The Balaban J connectivity index is 1.54. The van der Waals surface area contributed by atoms with Crippen molar-refractivity contribution in [2.45, 2.75) is 26.2 Å². The van der Waals surface area contributed by atoms with Crippen LogP contribution in [0.25, 0.3) is 16.7 Å². The molecule has 4 aromatic rings. The van der Waals surface area contributed by atoms with E-state index >= 15 is 0 Å². The quantitative estimate of drug-likeness (QED) is 0.511. The molecule has 2 aromatic heterocycles. The van der Waals surface area contributed by atoms with Gasteiger partial charge < -0.3 is 5.32 Å². The Morgan fingerprint density at radius 1 is 1.07 bits per heavy atom. The summed E-state index contributed by atoms with van der Waals surface area (Å²) >= 11 is 1.42. The highest BCUT2D eigenvalue weighted by Gasteiger charge is 2.10. The van der Waals surface area contributed by atoms with Gasteiger partial charge in [0.05, 0.1) is 10.6 Å². The average molecular weight is 376 g/mol. The highest BCUT2D eigenvalue weighted by molar-refractivity contribution is 7.12. The summed E-state index contributed by atoms with van der Waals surface area (Å²) in [5.41, 5.74) is 4.50. The molecule has 1 amide bonds. The molecule has 27 heavy (non-hydrogen) atoms. The molecule has 0 aliphatic rings. The van der Waals surface area contributed by atoms with E-state index in [1.807, 2.05) is 41.8 Å². The van der Waals surface area contributed by atoms with E-state index in [2.05, 4.69) is 34.6 Å². The second-order valence-corrected chi connectivity index (χ2v) is 7.34. The molecule has 2 aromatic carbocycles. The third-order valence-electron chi connectivity index (χ3n) is 4.37. The number of aromatic nitrogens is 3. The highest BCUT2D eigenvalue weighted by Crippen LogP contribution is 2.19. The topological polar surface area (TPSA) is 59.8 Å². The largest absolute Gasteiger partial charge is 0.321 e. The fourth-order valence-corrected chi connectivity index (χ4v) is 3.50. The Labute approximate surface area is 161 Å². The van der Waals surface area contributed by atoms with E-state index in [4.69, 9.17) is 0 Å². The summed E-state index contributed by atoms with van der Waals surface area (Å²) in [6, 6.07) is 17.6. The number of benzene rings is 2. The lowest BCUT2D eigenvalue weighted by atomic mass is 10.1. The molecular formula is C21H20N4OS. The Morgan fingerprint density at radius 3 is 2.63 bits per heavy atom. The van der Waals surface area contributed by atoms with E-state index in [0.29, 0.717) is 10.6 Å². The van der Waals surface area contributed by atoms with Gasteiger partial charge in [0, 0.05) is 5.69 Å². The normalized spacial score (nSPS) is 11.0. The number of hydrogen-bond acceptors (Lipinski definition) is 4. The first-order chi connectivity index (χ1) is 13.2. The van der Waals surface area contributed by atoms with Gasteiger partial charge in [0.2, 0.25) is 0 Å². The molecule has 4 rings (SSSR count). The van der Waals surface area contributed by atoms with Crippen molar-refractivity contribution in [2.75, 3.05) is 5.32 Å². The van der Waals surface area contributed by atoms with Gasteiger partial charge in [-0.15, -0.1) is 21.5 Å². The zero-order chi connectivity index (χ0) is 18.6. The number of nitrogens with one attached hydrogen (secondary N) is 1. The van der Waals surface area contributed by atoms with Crippen molar-refractivity contribution in [2.24, 2.45) is 0 Å². The van der Waals surface area contributed by atoms with E-state index in [-0.39, 0.29) is 5.91 Å². The summed E-state index contributed by atoms with van der Waals surface area (Å²) < 4.78 is 0. The molecule has 0 saturated carbocycles. The van der Waals surface area contributed by atoms with Crippen molar-refractivity contribution in [1.29, 1.82) is 0 Å². The number of fused-ring (bicyclic) bond motifs is 1. The standard InChI is InChI=1S/C21H20N4OS/c1-2-3-5-15-7-10-17(11-8-15)25-23-18-12-9-16(14-19(18)24-25)22-21(26)20-6-4-13-27-20/h4,6-14H,2-3,5H2,1H3,(H,22,26). The smallest absolute Gasteiger partial charge is 0.265 e. The fraction of sp³-hybridized carbons (Fsp3) is 0.190. The summed E-state index contributed by atoms with van der Waals surface area (Å²) in [6.45, 7) is 2.20. The molecule has 1 N–H and O–H groups in total. The summed E-state index contributed by atoms with van der Waals surface area (Å²) in [5, 5.41) is 13.9. The van der Waals surface area contributed by atoms with Gasteiger partial charge in [-0.05, 0) is 60.2 Å². The van der Waals surface area contributed by atoms with E-state index in [0.717, 1.165) is 23.1 Å². The Kier molecular flexibility index (Phi) is 4.98. The van der Waals surface area contributed by atoms with Crippen LogP contribution < -0.4 is 5.32 Å². The van der Waals surface area contributed by atoms with Gasteiger partial charge in [0.15, 0.2) is 0 Å². The van der Waals surface area contributed by atoms with E-state index in [1.54, 1.807) is 10.9 Å². The number of unbranched alkanes of at least 4 members (excludes halogenated alkanes) is 1. The van der Waals surface area contributed by atoms with Crippen molar-refractivity contribution in [1.82, 2.24) is 15.0 Å². The van der Waals surface area contributed by atoms with Crippen LogP contribution in [0.2, 0.25) is 0 Å². The first-order valence-corrected chi connectivity index (χ1v) is 9.92. The minimum absolute atomic E-state index is 0.112. The number of carbonyl (C=O) groups excluding carboxylic acids is 1. The van der Waals surface area contributed by atoms with Crippen LogP contribution in [-0.2, 0) is 6.42 Å². The molecule has 0 spiro atoms. The van der Waals surface area contributed by atoms with Crippen LogP contribution >= 0.6 is 11.3 Å². The molecule has 6 heteroatoms. The maximum atomic E-state index is 12.2. The van der Waals surface area contributed by atoms with Gasteiger partial charge in [-0.3, -0.25) is 4.79 Å². The first-order valence-electron chi connectivity index (χ1n) is 9.04. The predicted molar refractivity (Wildman–Crippen MR) is 110 cm³/mol. The predicted octanol–water partition coefficient (Wildman–Crippen LogP) is 5.08. The van der Waals surface area contributed by atoms with Crippen LogP contribution in [0, 0.1) is 0 Å². The number of thiophene rings is 1. The molecule has 136 valence electrons. The van der Waals surface area contributed by atoms with Gasteiger partial charge >= 0.3 is 0 Å². The lowest BCUT2D eigenvalue weighted by Gasteiger charge is -2.02. The van der Waals surface area contributed by atoms with Crippen LogP contribution in [0.4, 0.5) is 5.69 Å². The molecule has 0 unspecified atom stereocenters.